The number of hydrogen-bond acceptors (Lipinski definition) is 1. The first-order chi connectivity index (χ1) is 21.6. The SMILES string of the molecule is Cc1ccc(C/C=C(\N)c2ccccc2)c2c1Cc1ccc(-c3ccc(-c4ccc5c(c4)C=CC4CC=CC=C54)cc3)cc1-2. The van der Waals surface area contributed by atoms with Crippen LogP contribution in [0.1, 0.15) is 45.4 Å². The molecular weight excluding hydrogens is 530 g/mol. The zero-order valence-corrected chi connectivity index (χ0v) is 25.1. The fourth-order valence-electron chi connectivity index (χ4n) is 7.17. The average Bonchev–Trinajstić information content (AvgIpc) is 3.48. The highest BCUT2D eigenvalue weighted by atomic mass is 14.6. The third-order valence-electron chi connectivity index (χ3n) is 9.65. The van der Waals surface area contributed by atoms with Gasteiger partial charge in [-0.15, -0.1) is 0 Å². The van der Waals surface area contributed by atoms with Gasteiger partial charge in [-0.3, -0.25) is 0 Å². The molecule has 1 heteroatoms. The molecule has 1 unspecified atom stereocenters. The maximum Gasteiger partial charge on any atom is 0.0350 e. The van der Waals surface area contributed by atoms with Crippen LogP contribution in [0.3, 0.4) is 0 Å². The van der Waals surface area contributed by atoms with E-state index in [2.05, 4.69) is 128 Å². The second-order valence-electron chi connectivity index (χ2n) is 12.3. The molecule has 0 bridgehead atoms. The molecule has 5 aromatic carbocycles. The first kappa shape index (κ1) is 26.5. The largest absolute Gasteiger partial charge is 0.398 e. The summed E-state index contributed by atoms with van der Waals surface area (Å²) in [5.41, 5.74) is 25.8. The van der Waals surface area contributed by atoms with Gasteiger partial charge in [0.2, 0.25) is 0 Å². The first-order valence-corrected chi connectivity index (χ1v) is 15.7. The molecule has 3 aliphatic carbocycles. The molecule has 0 saturated carbocycles. The van der Waals surface area contributed by atoms with Gasteiger partial charge in [0.1, 0.15) is 0 Å². The Hall–Kier alpha value is -5.14. The third kappa shape index (κ3) is 4.66. The molecule has 1 nitrogen and oxygen atoms in total. The Morgan fingerprint density at radius 3 is 2.36 bits per heavy atom. The number of aryl methyl sites for hydroxylation is 1. The van der Waals surface area contributed by atoms with Gasteiger partial charge < -0.3 is 5.73 Å². The topological polar surface area (TPSA) is 26.0 Å². The molecule has 1 atom stereocenters. The van der Waals surface area contributed by atoms with Crippen molar-refractivity contribution in [3.63, 3.8) is 0 Å². The summed E-state index contributed by atoms with van der Waals surface area (Å²) < 4.78 is 0. The maximum absolute atomic E-state index is 6.48. The van der Waals surface area contributed by atoms with Gasteiger partial charge in [-0.25, -0.2) is 0 Å². The molecule has 212 valence electrons. The van der Waals surface area contributed by atoms with E-state index in [1.807, 2.05) is 18.2 Å². The van der Waals surface area contributed by atoms with Crippen molar-refractivity contribution in [2.45, 2.75) is 26.2 Å². The van der Waals surface area contributed by atoms with Crippen LogP contribution in [0.4, 0.5) is 0 Å². The van der Waals surface area contributed by atoms with E-state index in [1.54, 1.807) is 0 Å². The smallest absolute Gasteiger partial charge is 0.0350 e. The minimum absolute atomic E-state index is 0.515. The Morgan fingerprint density at radius 1 is 0.795 bits per heavy atom. The first-order valence-electron chi connectivity index (χ1n) is 15.7. The van der Waals surface area contributed by atoms with Crippen molar-refractivity contribution in [1.29, 1.82) is 0 Å². The van der Waals surface area contributed by atoms with Gasteiger partial charge in [0, 0.05) is 11.6 Å². The normalized spacial score (nSPS) is 16.2. The molecular formula is C43H35N. The molecule has 0 aromatic heterocycles. The van der Waals surface area contributed by atoms with Crippen LogP contribution < -0.4 is 5.73 Å². The molecule has 0 radical (unpaired) electrons. The molecule has 8 rings (SSSR count). The van der Waals surface area contributed by atoms with E-state index >= 15 is 0 Å². The van der Waals surface area contributed by atoms with Gasteiger partial charge in [-0.05, 0) is 116 Å². The number of nitrogens with two attached hydrogens (primary N) is 1. The van der Waals surface area contributed by atoms with Gasteiger partial charge in [-0.2, -0.15) is 0 Å². The predicted octanol–water partition coefficient (Wildman–Crippen LogP) is 10.4. The van der Waals surface area contributed by atoms with E-state index < -0.39 is 0 Å². The number of fused-ring (bicyclic) bond motifs is 6. The Balaban J connectivity index is 1.09. The summed E-state index contributed by atoms with van der Waals surface area (Å²) in [6.07, 6.45) is 16.5. The van der Waals surface area contributed by atoms with Gasteiger partial charge in [0.15, 0.2) is 0 Å². The van der Waals surface area contributed by atoms with E-state index in [1.165, 1.54) is 72.3 Å². The molecule has 0 amide bonds. The van der Waals surface area contributed by atoms with Crippen molar-refractivity contribution >= 4 is 17.3 Å². The van der Waals surface area contributed by atoms with Crippen molar-refractivity contribution < 1.29 is 0 Å². The van der Waals surface area contributed by atoms with Gasteiger partial charge in [0.05, 0.1) is 0 Å². The van der Waals surface area contributed by atoms with Crippen molar-refractivity contribution in [3.8, 4) is 33.4 Å². The summed E-state index contributed by atoms with van der Waals surface area (Å²) in [5, 5.41) is 0. The van der Waals surface area contributed by atoms with Crippen LogP contribution in [-0.2, 0) is 12.8 Å². The number of hydrogen-bond donors (Lipinski definition) is 1. The molecule has 0 heterocycles. The van der Waals surface area contributed by atoms with Crippen LogP contribution in [-0.4, -0.2) is 0 Å². The Morgan fingerprint density at radius 2 is 1.55 bits per heavy atom. The Bertz CT molecular complexity index is 2030. The molecule has 3 aliphatic rings. The highest BCUT2D eigenvalue weighted by Crippen LogP contribution is 2.43. The zero-order valence-electron chi connectivity index (χ0n) is 25.1. The standard InChI is InChI=1S/C43H35N/c1-28-11-12-33(22-24-42(44)32-8-3-2-4-9-32)43-40(28)27-37-20-18-35(26-41(37)43)30-15-13-29(14-16-30)34-21-23-39-36(25-34)19-17-31-7-5-6-10-38(31)39/h2-6,8-21,23-26,31H,7,22,27,44H2,1H3/b42-24-. The summed E-state index contributed by atoms with van der Waals surface area (Å²) in [6.45, 7) is 2.24. The lowest BCUT2D eigenvalue weighted by Crippen LogP contribution is -2.07. The number of rotatable bonds is 5. The van der Waals surface area contributed by atoms with Crippen molar-refractivity contribution in [1.82, 2.24) is 0 Å². The quantitative estimate of drug-likeness (QED) is 0.221. The lowest BCUT2D eigenvalue weighted by Gasteiger charge is -2.25. The van der Waals surface area contributed by atoms with Gasteiger partial charge in [0.25, 0.3) is 0 Å². The molecule has 44 heavy (non-hydrogen) atoms. The second-order valence-corrected chi connectivity index (χ2v) is 12.3. The molecule has 5 aromatic rings. The van der Waals surface area contributed by atoms with Crippen LogP contribution in [0.15, 0.2) is 134 Å². The predicted molar refractivity (Wildman–Crippen MR) is 187 cm³/mol. The van der Waals surface area contributed by atoms with Crippen molar-refractivity contribution in [3.05, 3.63) is 172 Å². The van der Waals surface area contributed by atoms with Crippen molar-refractivity contribution in [2.24, 2.45) is 11.7 Å². The van der Waals surface area contributed by atoms with E-state index in [0.29, 0.717) is 5.92 Å². The second kappa shape index (κ2) is 10.8. The minimum Gasteiger partial charge on any atom is -0.398 e. The van der Waals surface area contributed by atoms with E-state index in [-0.39, 0.29) is 0 Å². The van der Waals surface area contributed by atoms with Crippen LogP contribution in [0.2, 0.25) is 0 Å². The van der Waals surface area contributed by atoms with E-state index in [4.69, 9.17) is 5.73 Å². The highest BCUT2D eigenvalue weighted by Gasteiger charge is 2.24. The lowest BCUT2D eigenvalue weighted by atomic mass is 9.80. The molecule has 2 N–H and O–H groups in total. The Kier molecular flexibility index (Phi) is 6.53. The maximum atomic E-state index is 6.48. The summed E-state index contributed by atoms with van der Waals surface area (Å²) in [7, 11) is 0. The van der Waals surface area contributed by atoms with Crippen LogP contribution in [0, 0.1) is 12.8 Å². The zero-order chi connectivity index (χ0) is 29.6. The summed E-state index contributed by atoms with van der Waals surface area (Å²) in [4.78, 5) is 0. The van der Waals surface area contributed by atoms with Crippen LogP contribution in [0.5, 0.6) is 0 Å². The molecule has 0 fully saturated rings. The van der Waals surface area contributed by atoms with Crippen LogP contribution in [0.25, 0.3) is 50.7 Å². The highest BCUT2D eigenvalue weighted by molar-refractivity contribution is 5.87. The minimum atomic E-state index is 0.515. The lowest BCUT2D eigenvalue weighted by molar-refractivity contribution is 0.842. The fraction of sp³-hybridized carbons (Fsp3) is 0.116. The van der Waals surface area contributed by atoms with E-state index in [9.17, 15) is 0 Å². The van der Waals surface area contributed by atoms with Crippen LogP contribution >= 0.6 is 0 Å². The van der Waals surface area contributed by atoms with Gasteiger partial charge >= 0.3 is 0 Å². The fourth-order valence-corrected chi connectivity index (χ4v) is 7.17. The monoisotopic (exact) mass is 565 g/mol. The summed E-state index contributed by atoms with van der Waals surface area (Å²) >= 11 is 0. The number of allylic oxidation sites excluding steroid dienone is 6. The number of benzene rings is 5. The Labute approximate surface area is 260 Å². The molecule has 0 aliphatic heterocycles. The van der Waals surface area contributed by atoms with Crippen molar-refractivity contribution in [2.75, 3.05) is 0 Å². The third-order valence-corrected chi connectivity index (χ3v) is 9.65. The summed E-state index contributed by atoms with van der Waals surface area (Å²) in [6, 6.07) is 37.8. The van der Waals surface area contributed by atoms with E-state index in [0.717, 1.165) is 30.5 Å². The average molecular weight is 566 g/mol. The molecule has 0 spiro atoms. The summed E-state index contributed by atoms with van der Waals surface area (Å²) in [5.74, 6) is 0.515. The van der Waals surface area contributed by atoms with Gasteiger partial charge in [-0.1, -0.05) is 127 Å². The molecule has 0 saturated heterocycles.